The first-order chi connectivity index (χ1) is 16.1. The van der Waals surface area contributed by atoms with Crippen molar-refractivity contribution in [2.24, 2.45) is 34.5 Å². The van der Waals surface area contributed by atoms with Crippen LogP contribution in [-0.2, 0) is 11.8 Å². The third kappa shape index (κ3) is 4.19. The maximum absolute atomic E-state index is 3.91. The zero-order valence-electron chi connectivity index (χ0n) is 23.1. The standard InChI is InChI=1S/C32H52N2/c1-22(2)23-9-12-27-24(18-23)10-13-29-31(5,14-7-15-32(27,29)6)21-34-17-16-33-20-25-8-11-26-19-28(25)30(26,3)4/h9,12,18,22,25-26,28-29,33-34H,7-8,10-11,13-17,19-21H2,1-6H3/t25-,26-,28-,29-,31-,32+/m0/s1. The van der Waals surface area contributed by atoms with Crippen LogP contribution in [-0.4, -0.2) is 26.2 Å². The van der Waals surface area contributed by atoms with Gasteiger partial charge in [-0.3, -0.25) is 0 Å². The summed E-state index contributed by atoms with van der Waals surface area (Å²) in [6, 6.07) is 7.47. The molecular weight excluding hydrogens is 412 g/mol. The average Bonchev–Trinajstić information content (AvgIpc) is 2.80. The molecular formula is C32H52N2. The van der Waals surface area contributed by atoms with E-state index in [4.69, 9.17) is 0 Å². The lowest BCUT2D eigenvalue weighted by atomic mass is 9.45. The number of rotatable bonds is 8. The molecule has 190 valence electrons. The van der Waals surface area contributed by atoms with Gasteiger partial charge in [0.2, 0.25) is 0 Å². The van der Waals surface area contributed by atoms with Crippen molar-refractivity contribution in [3.8, 4) is 0 Å². The van der Waals surface area contributed by atoms with E-state index in [0.29, 0.717) is 22.2 Å². The van der Waals surface area contributed by atoms with Crippen molar-refractivity contribution in [3.05, 3.63) is 34.9 Å². The molecule has 0 radical (unpaired) electrons. The molecule has 34 heavy (non-hydrogen) atoms. The van der Waals surface area contributed by atoms with Crippen molar-refractivity contribution in [1.82, 2.24) is 10.6 Å². The number of benzene rings is 1. The largest absolute Gasteiger partial charge is 0.315 e. The molecule has 1 aromatic rings. The minimum absolute atomic E-state index is 0.352. The summed E-state index contributed by atoms with van der Waals surface area (Å²) < 4.78 is 0. The first-order valence-electron chi connectivity index (χ1n) is 14.7. The zero-order chi connectivity index (χ0) is 24.1. The van der Waals surface area contributed by atoms with Crippen molar-refractivity contribution in [2.75, 3.05) is 26.2 Å². The van der Waals surface area contributed by atoms with E-state index in [1.54, 1.807) is 11.1 Å². The van der Waals surface area contributed by atoms with E-state index in [-0.39, 0.29) is 0 Å². The lowest BCUT2D eigenvalue weighted by Crippen LogP contribution is -2.54. The van der Waals surface area contributed by atoms with Crippen LogP contribution in [0.3, 0.4) is 0 Å². The van der Waals surface area contributed by atoms with Gasteiger partial charge in [0.15, 0.2) is 0 Å². The Labute approximate surface area is 210 Å². The summed E-state index contributed by atoms with van der Waals surface area (Å²) in [5.41, 5.74) is 6.21. The molecule has 5 aliphatic rings. The second kappa shape index (κ2) is 9.22. The van der Waals surface area contributed by atoms with Gasteiger partial charge >= 0.3 is 0 Å². The molecule has 0 spiro atoms. The van der Waals surface area contributed by atoms with Gasteiger partial charge in [-0.15, -0.1) is 0 Å². The summed E-state index contributed by atoms with van der Waals surface area (Å²) in [6.07, 6.45) is 11.2. The number of nitrogens with one attached hydrogen (secondary N) is 2. The molecule has 4 saturated carbocycles. The van der Waals surface area contributed by atoms with Crippen LogP contribution in [0.25, 0.3) is 0 Å². The Balaban J connectivity index is 1.13. The number of fused-ring (bicyclic) bond motifs is 5. The fourth-order valence-electron chi connectivity index (χ4n) is 9.26. The van der Waals surface area contributed by atoms with Gasteiger partial charge in [0, 0.05) is 19.6 Å². The minimum Gasteiger partial charge on any atom is -0.315 e. The van der Waals surface area contributed by atoms with Gasteiger partial charge in [-0.05, 0) is 114 Å². The van der Waals surface area contributed by atoms with Gasteiger partial charge in [-0.2, -0.15) is 0 Å². The van der Waals surface area contributed by atoms with Gasteiger partial charge in [-0.1, -0.05) is 66.2 Å². The Morgan fingerprint density at radius 2 is 1.76 bits per heavy atom. The molecule has 2 heteroatoms. The molecule has 0 heterocycles. The van der Waals surface area contributed by atoms with Crippen molar-refractivity contribution in [3.63, 3.8) is 0 Å². The van der Waals surface area contributed by atoms with Crippen LogP contribution in [0.4, 0.5) is 0 Å². The van der Waals surface area contributed by atoms with Crippen LogP contribution >= 0.6 is 0 Å². The number of hydrogen-bond acceptors (Lipinski definition) is 2. The van der Waals surface area contributed by atoms with Crippen LogP contribution in [0.2, 0.25) is 0 Å². The lowest BCUT2D eigenvalue weighted by molar-refractivity contribution is -0.103. The molecule has 0 amide bonds. The second-order valence-corrected chi connectivity index (χ2v) is 14.2. The summed E-state index contributed by atoms with van der Waals surface area (Å²) in [5.74, 6) is 4.32. The molecule has 0 aromatic heterocycles. The van der Waals surface area contributed by atoms with Crippen molar-refractivity contribution >= 4 is 0 Å². The van der Waals surface area contributed by atoms with E-state index >= 15 is 0 Å². The van der Waals surface area contributed by atoms with Crippen molar-refractivity contribution < 1.29 is 0 Å². The summed E-state index contributed by atoms with van der Waals surface area (Å²) in [4.78, 5) is 0. The van der Waals surface area contributed by atoms with Crippen LogP contribution < -0.4 is 10.6 Å². The van der Waals surface area contributed by atoms with Gasteiger partial charge in [0.05, 0.1) is 0 Å². The third-order valence-corrected chi connectivity index (χ3v) is 11.6. The Hall–Kier alpha value is -0.860. The van der Waals surface area contributed by atoms with Gasteiger partial charge in [-0.25, -0.2) is 0 Å². The monoisotopic (exact) mass is 464 g/mol. The van der Waals surface area contributed by atoms with Crippen LogP contribution in [0.15, 0.2) is 18.2 Å². The SMILES string of the molecule is CC(C)c1ccc2c(c1)CC[C@H]1[C@](C)(CNCCNC[C@@H]3CC[C@H]4C[C@@H]3C4(C)C)CCC[C@]21C. The van der Waals surface area contributed by atoms with E-state index in [9.17, 15) is 0 Å². The highest BCUT2D eigenvalue weighted by atomic mass is 15.0. The molecule has 0 unspecified atom stereocenters. The molecule has 6 atom stereocenters. The van der Waals surface area contributed by atoms with E-state index in [2.05, 4.69) is 70.4 Å². The number of aryl methyl sites for hydroxylation is 1. The van der Waals surface area contributed by atoms with Crippen LogP contribution in [0.1, 0.15) is 109 Å². The van der Waals surface area contributed by atoms with Gasteiger partial charge < -0.3 is 10.6 Å². The Kier molecular flexibility index (Phi) is 6.73. The molecule has 0 saturated heterocycles. The molecule has 2 N–H and O–H groups in total. The van der Waals surface area contributed by atoms with Crippen molar-refractivity contribution in [2.45, 2.75) is 104 Å². The maximum atomic E-state index is 3.91. The minimum atomic E-state index is 0.352. The predicted molar refractivity (Wildman–Crippen MR) is 145 cm³/mol. The summed E-state index contributed by atoms with van der Waals surface area (Å²) in [5, 5.41) is 7.73. The maximum Gasteiger partial charge on any atom is 0.00769 e. The average molecular weight is 465 g/mol. The van der Waals surface area contributed by atoms with E-state index < -0.39 is 0 Å². The van der Waals surface area contributed by atoms with Gasteiger partial charge in [0.25, 0.3) is 0 Å². The van der Waals surface area contributed by atoms with Gasteiger partial charge in [0.1, 0.15) is 0 Å². The fourth-order valence-corrected chi connectivity index (χ4v) is 9.26. The molecule has 6 rings (SSSR count). The van der Waals surface area contributed by atoms with E-state index in [1.807, 2.05) is 0 Å². The molecule has 2 nitrogen and oxygen atoms in total. The summed E-state index contributed by atoms with van der Waals surface area (Å²) in [7, 11) is 0. The molecule has 4 fully saturated rings. The zero-order valence-corrected chi connectivity index (χ0v) is 23.1. The van der Waals surface area contributed by atoms with Crippen LogP contribution in [0, 0.1) is 34.5 Å². The summed E-state index contributed by atoms with van der Waals surface area (Å²) in [6.45, 7) is 19.5. The first kappa shape index (κ1) is 24.8. The number of hydrogen-bond donors (Lipinski definition) is 2. The molecule has 5 aliphatic carbocycles. The third-order valence-electron chi connectivity index (χ3n) is 11.6. The molecule has 1 aromatic carbocycles. The fraction of sp³-hybridized carbons (Fsp3) is 0.812. The highest BCUT2D eigenvalue weighted by Gasteiger charge is 2.54. The van der Waals surface area contributed by atoms with Crippen molar-refractivity contribution in [1.29, 1.82) is 0 Å². The topological polar surface area (TPSA) is 24.1 Å². The lowest BCUT2D eigenvalue weighted by Gasteiger charge is -2.60. The Morgan fingerprint density at radius 3 is 2.50 bits per heavy atom. The predicted octanol–water partition coefficient (Wildman–Crippen LogP) is 7.07. The van der Waals surface area contributed by atoms with E-state index in [1.165, 1.54) is 70.0 Å². The quantitative estimate of drug-likeness (QED) is 0.402. The first-order valence-corrected chi connectivity index (χ1v) is 14.7. The Morgan fingerprint density at radius 1 is 0.971 bits per heavy atom. The smallest absolute Gasteiger partial charge is 0.00769 e. The normalized spacial score (nSPS) is 38.2. The highest BCUT2D eigenvalue weighted by Crippen LogP contribution is 2.61. The molecule has 2 bridgehead atoms. The van der Waals surface area contributed by atoms with E-state index in [0.717, 1.165) is 36.8 Å². The molecule has 0 aliphatic heterocycles. The highest BCUT2D eigenvalue weighted by molar-refractivity contribution is 5.42. The Bertz CT molecular complexity index is 870. The summed E-state index contributed by atoms with van der Waals surface area (Å²) >= 11 is 0. The van der Waals surface area contributed by atoms with Crippen LogP contribution in [0.5, 0.6) is 0 Å². The second-order valence-electron chi connectivity index (χ2n) is 14.2.